The molecular formula is C8H15N3O. The van der Waals surface area contributed by atoms with E-state index in [1.165, 1.54) is 9.80 Å². The molecule has 0 N–H and O–H groups in total. The lowest BCUT2D eigenvalue weighted by molar-refractivity contribution is 0.177. The number of carbonyl (C=O) groups is 1. The molecule has 0 aromatic heterocycles. The van der Waals surface area contributed by atoms with E-state index in [-0.39, 0.29) is 12.6 Å². The Balaban J connectivity index is 4.11. The van der Waals surface area contributed by atoms with Crippen LogP contribution in [0.15, 0.2) is 0 Å². The molecule has 0 fully saturated rings. The molecule has 0 saturated heterocycles. The molecular weight excluding hydrogens is 154 g/mol. The first kappa shape index (κ1) is 10.8. The lowest BCUT2D eigenvalue weighted by atomic mass is 10.4. The van der Waals surface area contributed by atoms with Gasteiger partial charge < -0.3 is 9.80 Å². The van der Waals surface area contributed by atoms with Gasteiger partial charge >= 0.3 is 6.03 Å². The van der Waals surface area contributed by atoms with Crippen molar-refractivity contribution in [1.82, 2.24) is 9.80 Å². The van der Waals surface area contributed by atoms with E-state index in [1.54, 1.807) is 14.1 Å². The third-order valence-corrected chi connectivity index (χ3v) is 1.41. The van der Waals surface area contributed by atoms with Gasteiger partial charge in [-0.3, -0.25) is 0 Å². The van der Waals surface area contributed by atoms with Gasteiger partial charge in [0.25, 0.3) is 0 Å². The highest BCUT2D eigenvalue weighted by Gasteiger charge is 2.12. The van der Waals surface area contributed by atoms with Gasteiger partial charge in [-0.25, -0.2) is 4.79 Å². The quantitative estimate of drug-likeness (QED) is 0.589. The zero-order valence-corrected chi connectivity index (χ0v) is 7.87. The molecule has 68 valence electrons. The number of rotatable bonds is 3. The fraction of sp³-hybridized carbons (Fsp3) is 0.750. The van der Waals surface area contributed by atoms with Crippen molar-refractivity contribution < 1.29 is 4.79 Å². The standard InChI is InChI=1S/C8H15N3O/c1-4-6-11(7-5-9)8(12)10(2)3/h4,6-7H2,1-3H3. The second-order valence-electron chi connectivity index (χ2n) is 2.76. The third kappa shape index (κ3) is 3.24. The van der Waals surface area contributed by atoms with Crippen LogP contribution in [0.25, 0.3) is 0 Å². The highest BCUT2D eigenvalue weighted by atomic mass is 16.2. The highest BCUT2D eigenvalue weighted by molar-refractivity contribution is 5.74. The fourth-order valence-electron chi connectivity index (χ4n) is 0.880. The number of urea groups is 1. The van der Waals surface area contributed by atoms with E-state index in [0.717, 1.165) is 6.42 Å². The normalized spacial score (nSPS) is 8.83. The molecule has 0 rings (SSSR count). The number of carbonyl (C=O) groups excluding carboxylic acids is 1. The number of hydrogen-bond donors (Lipinski definition) is 0. The zero-order valence-electron chi connectivity index (χ0n) is 7.87. The summed E-state index contributed by atoms with van der Waals surface area (Å²) in [4.78, 5) is 14.3. The van der Waals surface area contributed by atoms with Crippen LogP contribution in [0.2, 0.25) is 0 Å². The Hall–Kier alpha value is -1.24. The first-order valence-corrected chi connectivity index (χ1v) is 3.96. The van der Waals surface area contributed by atoms with Crippen molar-refractivity contribution in [3.8, 4) is 6.07 Å². The minimum absolute atomic E-state index is 0.0987. The van der Waals surface area contributed by atoms with Crippen molar-refractivity contribution in [2.45, 2.75) is 13.3 Å². The molecule has 0 aliphatic carbocycles. The molecule has 0 aromatic carbocycles. The zero-order chi connectivity index (χ0) is 9.56. The Bertz CT molecular complexity index is 183. The van der Waals surface area contributed by atoms with Crippen LogP contribution in [-0.4, -0.2) is 43.0 Å². The largest absolute Gasteiger partial charge is 0.331 e. The van der Waals surface area contributed by atoms with Crippen molar-refractivity contribution in [3.63, 3.8) is 0 Å². The van der Waals surface area contributed by atoms with Gasteiger partial charge in [-0.1, -0.05) is 6.92 Å². The van der Waals surface area contributed by atoms with Crippen LogP contribution in [0.3, 0.4) is 0 Å². The summed E-state index contributed by atoms with van der Waals surface area (Å²) in [6.45, 7) is 2.79. The Morgan fingerprint density at radius 1 is 1.50 bits per heavy atom. The molecule has 4 nitrogen and oxygen atoms in total. The van der Waals surface area contributed by atoms with E-state index >= 15 is 0 Å². The first-order chi connectivity index (χ1) is 5.63. The predicted molar refractivity (Wildman–Crippen MR) is 46.6 cm³/mol. The van der Waals surface area contributed by atoms with Crippen LogP contribution in [0.5, 0.6) is 0 Å². The van der Waals surface area contributed by atoms with Gasteiger partial charge in [0, 0.05) is 20.6 Å². The molecule has 0 saturated carbocycles. The van der Waals surface area contributed by atoms with Crippen molar-refractivity contribution in [1.29, 1.82) is 5.26 Å². The fourth-order valence-corrected chi connectivity index (χ4v) is 0.880. The van der Waals surface area contributed by atoms with E-state index in [0.29, 0.717) is 6.54 Å². The number of amides is 2. The van der Waals surface area contributed by atoms with E-state index in [9.17, 15) is 4.79 Å². The Kier molecular flexibility index (Phi) is 4.86. The van der Waals surface area contributed by atoms with Crippen molar-refractivity contribution in [2.75, 3.05) is 27.2 Å². The van der Waals surface area contributed by atoms with Gasteiger partial charge in [-0.2, -0.15) is 5.26 Å². The molecule has 0 spiro atoms. The molecule has 12 heavy (non-hydrogen) atoms. The minimum Gasteiger partial charge on any atom is -0.331 e. The highest BCUT2D eigenvalue weighted by Crippen LogP contribution is 1.95. The maximum absolute atomic E-state index is 11.3. The van der Waals surface area contributed by atoms with Crippen LogP contribution in [0.4, 0.5) is 4.79 Å². The van der Waals surface area contributed by atoms with E-state index in [4.69, 9.17) is 5.26 Å². The average Bonchev–Trinajstić information content (AvgIpc) is 2.03. The van der Waals surface area contributed by atoms with Crippen LogP contribution in [0.1, 0.15) is 13.3 Å². The van der Waals surface area contributed by atoms with Gasteiger partial charge in [-0.05, 0) is 6.42 Å². The number of hydrogen-bond acceptors (Lipinski definition) is 2. The number of nitrogens with zero attached hydrogens (tertiary/aromatic N) is 3. The third-order valence-electron chi connectivity index (χ3n) is 1.41. The second kappa shape index (κ2) is 5.42. The van der Waals surface area contributed by atoms with Gasteiger partial charge in [0.1, 0.15) is 6.54 Å². The summed E-state index contributed by atoms with van der Waals surface area (Å²) in [5.41, 5.74) is 0. The molecule has 0 aliphatic rings. The van der Waals surface area contributed by atoms with E-state index < -0.39 is 0 Å². The maximum Gasteiger partial charge on any atom is 0.320 e. The van der Waals surface area contributed by atoms with Crippen molar-refractivity contribution in [3.05, 3.63) is 0 Å². The predicted octanol–water partition coefficient (Wildman–Crippen LogP) is 0.904. The van der Waals surface area contributed by atoms with E-state index in [2.05, 4.69) is 0 Å². The van der Waals surface area contributed by atoms with Gasteiger partial charge in [0.15, 0.2) is 0 Å². The lowest BCUT2D eigenvalue weighted by Gasteiger charge is -2.22. The lowest BCUT2D eigenvalue weighted by Crippen LogP contribution is -2.39. The summed E-state index contributed by atoms with van der Waals surface area (Å²) in [7, 11) is 3.37. The topological polar surface area (TPSA) is 47.3 Å². The average molecular weight is 169 g/mol. The smallest absolute Gasteiger partial charge is 0.320 e. The summed E-state index contributed by atoms with van der Waals surface area (Å²) in [6, 6.07) is 1.87. The van der Waals surface area contributed by atoms with Crippen LogP contribution in [0, 0.1) is 11.3 Å². The molecule has 2 amide bonds. The summed E-state index contributed by atoms with van der Waals surface area (Å²) in [6.07, 6.45) is 0.876. The second-order valence-corrected chi connectivity index (χ2v) is 2.76. The van der Waals surface area contributed by atoms with Crippen molar-refractivity contribution in [2.24, 2.45) is 0 Å². The molecule has 0 heterocycles. The van der Waals surface area contributed by atoms with Crippen molar-refractivity contribution >= 4 is 6.03 Å². The Morgan fingerprint density at radius 3 is 2.42 bits per heavy atom. The molecule has 4 heteroatoms. The molecule has 0 atom stereocenters. The maximum atomic E-state index is 11.3. The molecule has 0 unspecified atom stereocenters. The summed E-state index contributed by atoms with van der Waals surface area (Å²) >= 11 is 0. The molecule has 0 bridgehead atoms. The van der Waals surface area contributed by atoms with Gasteiger partial charge in [0.2, 0.25) is 0 Å². The van der Waals surface area contributed by atoms with Crippen LogP contribution >= 0.6 is 0 Å². The SMILES string of the molecule is CCCN(CC#N)C(=O)N(C)C. The minimum atomic E-state index is -0.0987. The Morgan fingerprint density at radius 2 is 2.08 bits per heavy atom. The summed E-state index contributed by atoms with van der Waals surface area (Å²) in [5.74, 6) is 0. The monoisotopic (exact) mass is 169 g/mol. The van der Waals surface area contributed by atoms with Gasteiger partial charge in [0.05, 0.1) is 6.07 Å². The van der Waals surface area contributed by atoms with Crippen LogP contribution in [-0.2, 0) is 0 Å². The Labute approximate surface area is 73.4 Å². The summed E-state index contributed by atoms with van der Waals surface area (Å²) < 4.78 is 0. The summed E-state index contributed by atoms with van der Waals surface area (Å²) in [5, 5.41) is 8.43. The first-order valence-electron chi connectivity index (χ1n) is 3.96. The van der Waals surface area contributed by atoms with Gasteiger partial charge in [-0.15, -0.1) is 0 Å². The molecule has 0 aromatic rings. The molecule has 0 aliphatic heterocycles. The number of nitriles is 1. The van der Waals surface area contributed by atoms with E-state index in [1.807, 2.05) is 13.0 Å². The molecule has 0 radical (unpaired) electrons. The van der Waals surface area contributed by atoms with Crippen LogP contribution < -0.4 is 0 Å².